The van der Waals surface area contributed by atoms with Gasteiger partial charge in [0.25, 0.3) is 0 Å². The molecule has 0 aromatic carbocycles. The van der Waals surface area contributed by atoms with E-state index in [4.69, 9.17) is 0 Å². The lowest BCUT2D eigenvalue weighted by Crippen LogP contribution is -2.41. The molecule has 0 bridgehead atoms. The molecule has 0 unspecified atom stereocenters. The zero-order valence-corrected chi connectivity index (χ0v) is 9.39. The zero-order valence-electron chi connectivity index (χ0n) is 9.39. The normalized spacial score (nSPS) is 21.6. The Kier molecular flexibility index (Phi) is 3.87. The van der Waals surface area contributed by atoms with Crippen LogP contribution in [-0.2, 0) is 0 Å². The molecule has 1 aliphatic rings. The van der Waals surface area contributed by atoms with Gasteiger partial charge in [-0.2, -0.15) is 0 Å². The van der Waals surface area contributed by atoms with Crippen LogP contribution in [0.2, 0.25) is 0 Å². The molecule has 0 spiro atoms. The average Bonchev–Trinajstić information content (AvgIpc) is 1.97. The standard InChI is InChI=1S/C11H21F2N/c1-9(2)4-5-14(3)8-10-6-11(12,13)7-10/h9-10H,4-8H2,1-3H3. The van der Waals surface area contributed by atoms with Gasteiger partial charge in [0.1, 0.15) is 0 Å². The second-order valence-corrected chi connectivity index (χ2v) is 5.07. The molecule has 1 rings (SSSR count). The van der Waals surface area contributed by atoms with Gasteiger partial charge >= 0.3 is 0 Å². The third-order valence-corrected chi connectivity index (χ3v) is 2.83. The van der Waals surface area contributed by atoms with E-state index in [9.17, 15) is 8.78 Å². The third-order valence-electron chi connectivity index (χ3n) is 2.83. The number of rotatable bonds is 5. The van der Waals surface area contributed by atoms with E-state index >= 15 is 0 Å². The Morgan fingerprint density at radius 2 is 1.93 bits per heavy atom. The third kappa shape index (κ3) is 3.91. The summed E-state index contributed by atoms with van der Waals surface area (Å²) in [6, 6.07) is 0. The molecule has 0 aromatic heterocycles. The van der Waals surface area contributed by atoms with Gasteiger partial charge in [0, 0.05) is 19.4 Å². The van der Waals surface area contributed by atoms with E-state index < -0.39 is 5.92 Å². The van der Waals surface area contributed by atoms with Crippen LogP contribution >= 0.6 is 0 Å². The molecule has 3 heteroatoms. The first kappa shape index (κ1) is 11.9. The van der Waals surface area contributed by atoms with Crippen molar-refractivity contribution >= 4 is 0 Å². The molecule has 1 aliphatic carbocycles. The largest absolute Gasteiger partial charge is 0.306 e. The molecule has 1 saturated carbocycles. The first-order chi connectivity index (χ1) is 6.39. The summed E-state index contributed by atoms with van der Waals surface area (Å²) < 4.78 is 25.1. The summed E-state index contributed by atoms with van der Waals surface area (Å²) in [6.45, 7) is 6.23. The molecule has 14 heavy (non-hydrogen) atoms. The summed E-state index contributed by atoms with van der Waals surface area (Å²) >= 11 is 0. The molecule has 84 valence electrons. The SMILES string of the molecule is CC(C)CCN(C)CC1CC(F)(F)C1. The Labute approximate surface area is 85.5 Å². The van der Waals surface area contributed by atoms with Gasteiger partial charge in [-0.1, -0.05) is 13.8 Å². The van der Waals surface area contributed by atoms with Gasteiger partial charge in [-0.3, -0.25) is 0 Å². The van der Waals surface area contributed by atoms with Gasteiger partial charge in [0.05, 0.1) is 0 Å². The van der Waals surface area contributed by atoms with Crippen LogP contribution < -0.4 is 0 Å². The fraction of sp³-hybridized carbons (Fsp3) is 1.00. The van der Waals surface area contributed by atoms with Crippen molar-refractivity contribution in [3.8, 4) is 0 Å². The molecule has 0 aromatic rings. The summed E-state index contributed by atoms with van der Waals surface area (Å²) in [4.78, 5) is 2.18. The van der Waals surface area contributed by atoms with Gasteiger partial charge in [-0.15, -0.1) is 0 Å². The number of hydrogen-bond donors (Lipinski definition) is 0. The Morgan fingerprint density at radius 1 is 1.36 bits per heavy atom. The fourth-order valence-electron chi connectivity index (χ4n) is 1.92. The van der Waals surface area contributed by atoms with Crippen LogP contribution in [-0.4, -0.2) is 31.0 Å². The maximum absolute atomic E-state index is 12.5. The Bertz CT molecular complexity index is 172. The molecule has 0 atom stereocenters. The van der Waals surface area contributed by atoms with Gasteiger partial charge < -0.3 is 4.90 Å². The van der Waals surface area contributed by atoms with Crippen LogP contribution in [0, 0.1) is 11.8 Å². The number of hydrogen-bond acceptors (Lipinski definition) is 1. The fourth-order valence-corrected chi connectivity index (χ4v) is 1.92. The lowest BCUT2D eigenvalue weighted by atomic mass is 9.81. The first-order valence-corrected chi connectivity index (χ1v) is 5.45. The maximum atomic E-state index is 12.5. The van der Waals surface area contributed by atoms with Crippen molar-refractivity contribution in [3.63, 3.8) is 0 Å². The summed E-state index contributed by atoms with van der Waals surface area (Å²) in [5, 5.41) is 0. The van der Waals surface area contributed by atoms with Gasteiger partial charge in [0.2, 0.25) is 5.92 Å². The molecule has 0 aliphatic heterocycles. The lowest BCUT2D eigenvalue weighted by Gasteiger charge is -2.37. The van der Waals surface area contributed by atoms with Crippen molar-refractivity contribution in [3.05, 3.63) is 0 Å². The van der Waals surface area contributed by atoms with Gasteiger partial charge in [0.15, 0.2) is 0 Å². The smallest absolute Gasteiger partial charge is 0.248 e. The Hall–Kier alpha value is -0.180. The number of alkyl halides is 2. The average molecular weight is 205 g/mol. The monoisotopic (exact) mass is 205 g/mol. The molecule has 0 radical (unpaired) electrons. The van der Waals surface area contributed by atoms with Crippen LogP contribution in [0.3, 0.4) is 0 Å². The maximum Gasteiger partial charge on any atom is 0.248 e. The first-order valence-electron chi connectivity index (χ1n) is 5.45. The molecular weight excluding hydrogens is 184 g/mol. The predicted octanol–water partition coefficient (Wildman–Crippen LogP) is 3.01. The molecule has 0 amide bonds. The van der Waals surface area contributed by atoms with Crippen molar-refractivity contribution in [2.75, 3.05) is 20.1 Å². The number of nitrogens with zero attached hydrogens (tertiary/aromatic N) is 1. The highest BCUT2D eigenvalue weighted by Crippen LogP contribution is 2.42. The summed E-state index contributed by atoms with van der Waals surface area (Å²) in [5.41, 5.74) is 0. The second kappa shape index (κ2) is 4.56. The highest BCUT2D eigenvalue weighted by atomic mass is 19.3. The Balaban J connectivity index is 2.07. The van der Waals surface area contributed by atoms with Gasteiger partial charge in [-0.25, -0.2) is 8.78 Å². The lowest BCUT2D eigenvalue weighted by molar-refractivity contribution is -0.115. The second-order valence-electron chi connectivity index (χ2n) is 5.07. The highest BCUT2D eigenvalue weighted by Gasteiger charge is 2.45. The van der Waals surface area contributed by atoms with Crippen molar-refractivity contribution in [2.24, 2.45) is 11.8 Å². The minimum Gasteiger partial charge on any atom is -0.306 e. The molecule has 0 N–H and O–H groups in total. The van der Waals surface area contributed by atoms with E-state index in [0.29, 0.717) is 5.92 Å². The molecule has 1 nitrogen and oxygen atoms in total. The van der Waals surface area contributed by atoms with Crippen LogP contribution in [0.1, 0.15) is 33.1 Å². The minimum absolute atomic E-state index is 0.0962. The molecule has 1 fully saturated rings. The zero-order chi connectivity index (χ0) is 10.8. The minimum atomic E-state index is -2.36. The highest BCUT2D eigenvalue weighted by molar-refractivity contribution is 4.87. The van der Waals surface area contributed by atoms with Crippen LogP contribution in [0.4, 0.5) is 8.78 Å². The van der Waals surface area contributed by atoms with E-state index in [1.165, 1.54) is 0 Å². The predicted molar refractivity (Wildman–Crippen MR) is 54.6 cm³/mol. The van der Waals surface area contributed by atoms with E-state index in [1.807, 2.05) is 7.05 Å². The van der Waals surface area contributed by atoms with Crippen molar-refractivity contribution < 1.29 is 8.78 Å². The van der Waals surface area contributed by atoms with Crippen molar-refractivity contribution in [1.82, 2.24) is 4.90 Å². The van der Waals surface area contributed by atoms with Gasteiger partial charge in [-0.05, 0) is 31.8 Å². The molecule has 0 heterocycles. The Morgan fingerprint density at radius 3 is 2.36 bits per heavy atom. The van der Waals surface area contributed by atoms with E-state index in [1.54, 1.807) is 0 Å². The summed E-state index contributed by atoms with van der Waals surface area (Å²) in [5.74, 6) is -1.44. The van der Waals surface area contributed by atoms with E-state index in [2.05, 4.69) is 18.7 Å². The van der Waals surface area contributed by atoms with E-state index in [-0.39, 0.29) is 18.8 Å². The quantitative estimate of drug-likeness (QED) is 0.667. The van der Waals surface area contributed by atoms with Crippen LogP contribution in [0.5, 0.6) is 0 Å². The van der Waals surface area contributed by atoms with Crippen LogP contribution in [0.15, 0.2) is 0 Å². The topological polar surface area (TPSA) is 3.24 Å². The number of halogens is 2. The summed E-state index contributed by atoms with van der Waals surface area (Å²) in [6.07, 6.45) is 1.34. The van der Waals surface area contributed by atoms with Crippen LogP contribution in [0.25, 0.3) is 0 Å². The summed E-state index contributed by atoms with van der Waals surface area (Å²) in [7, 11) is 2.03. The van der Waals surface area contributed by atoms with Crippen molar-refractivity contribution in [2.45, 2.75) is 39.0 Å². The van der Waals surface area contributed by atoms with E-state index in [0.717, 1.165) is 19.5 Å². The van der Waals surface area contributed by atoms with Crippen molar-refractivity contribution in [1.29, 1.82) is 0 Å². The molecular formula is C11H21F2N. The molecule has 0 saturated heterocycles.